The molecule has 0 aromatic heterocycles. The summed E-state index contributed by atoms with van der Waals surface area (Å²) < 4.78 is 29.1. The fourth-order valence-corrected chi connectivity index (χ4v) is 3.38. The standard InChI is InChI=1S/C18H22FNO5/c1-2-9-20-10-7-13(12-18(20)24-16(21)17(22)25-18)8-11-23-15-5-3-14(19)4-6-15/h3-6,13H,2,7-12H2,1H3. The summed E-state index contributed by atoms with van der Waals surface area (Å²) in [5.41, 5.74) is 0. The van der Waals surface area contributed by atoms with Crippen molar-refractivity contribution in [2.45, 2.75) is 38.5 Å². The number of nitrogens with zero attached hydrogens (tertiary/aromatic N) is 1. The molecule has 2 aliphatic rings. The second-order valence-electron chi connectivity index (χ2n) is 6.43. The molecule has 0 amide bonds. The van der Waals surface area contributed by atoms with Gasteiger partial charge in [-0.25, -0.2) is 18.9 Å². The van der Waals surface area contributed by atoms with Crippen LogP contribution in [-0.4, -0.2) is 42.4 Å². The highest BCUT2D eigenvalue weighted by Gasteiger charge is 2.55. The van der Waals surface area contributed by atoms with Crippen molar-refractivity contribution in [1.82, 2.24) is 4.90 Å². The largest absolute Gasteiger partial charge is 0.494 e. The minimum atomic E-state index is -1.26. The monoisotopic (exact) mass is 351 g/mol. The van der Waals surface area contributed by atoms with Crippen molar-refractivity contribution in [3.05, 3.63) is 30.1 Å². The Morgan fingerprint density at radius 3 is 2.56 bits per heavy atom. The number of benzene rings is 1. The summed E-state index contributed by atoms with van der Waals surface area (Å²) in [6, 6.07) is 5.87. The molecule has 1 atom stereocenters. The molecule has 136 valence electrons. The normalized spacial score (nSPS) is 22.7. The van der Waals surface area contributed by atoms with E-state index in [1.54, 1.807) is 12.1 Å². The Hall–Kier alpha value is -2.15. The van der Waals surface area contributed by atoms with Gasteiger partial charge < -0.3 is 14.2 Å². The maximum atomic E-state index is 12.9. The van der Waals surface area contributed by atoms with E-state index in [1.807, 2.05) is 11.8 Å². The van der Waals surface area contributed by atoms with Crippen LogP contribution in [0.15, 0.2) is 24.3 Å². The molecule has 1 spiro atoms. The first-order chi connectivity index (χ1) is 12.0. The number of carbonyl (C=O) groups is 2. The van der Waals surface area contributed by atoms with Crippen molar-refractivity contribution >= 4 is 11.9 Å². The topological polar surface area (TPSA) is 65.1 Å². The van der Waals surface area contributed by atoms with Crippen LogP contribution in [0.5, 0.6) is 5.75 Å². The van der Waals surface area contributed by atoms with Gasteiger partial charge in [0.1, 0.15) is 11.6 Å². The van der Waals surface area contributed by atoms with Crippen LogP contribution in [0, 0.1) is 11.7 Å². The Kier molecular flexibility index (Phi) is 5.22. The second kappa shape index (κ2) is 7.39. The average Bonchev–Trinajstić information content (AvgIpc) is 2.86. The predicted molar refractivity (Wildman–Crippen MR) is 86.0 cm³/mol. The first kappa shape index (κ1) is 17.7. The average molecular weight is 351 g/mol. The molecule has 0 bridgehead atoms. The molecular weight excluding hydrogens is 329 g/mol. The molecule has 2 fully saturated rings. The van der Waals surface area contributed by atoms with Crippen LogP contribution in [0.25, 0.3) is 0 Å². The summed E-state index contributed by atoms with van der Waals surface area (Å²) in [5.74, 6) is -2.61. The van der Waals surface area contributed by atoms with E-state index in [0.717, 1.165) is 19.3 Å². The maximum Gasteiger partial charge on any atom is 0.421 e. The fraction of sp³-hybridized carbons (Fsp3) is 0.556. The van der Waals surface area contributed by atoms with E-state index in [9.17, 15) is 14.0 Å². The predicted octanol–water partition coefficient (Wildman–Crippen LogP) is 2.47. The van der Waals surface area contributed by atoms with Gasteiger partial charge in [0, 0.05) is 19.5 Å². The summed E-state index contributed by atoms with van der Waals surface area (Å²) in [7, 11) is 0. The molecule has 0 radical (unpaired) electrons. The zero-order chi connectivity index (χ0) is 17.9. The van der Waals surface area contributed by atoms with E-state index >= 15 is 0 Å². The number of halogens is 1. The number of piperidine rings is 1. The Morgan fingerprint density at radius 1 is 1.24 bits per heavy atom. The number of esters is 2. The maximum absolute atomic E-state index is 12.9. The molecule has 0 aliphatic carbocycles. The minimum Gasteiger partial charge on any atom is -0.494 e. The number of hydrogen-bond donors (Lipinski definition) is 0. The van der Waals surface area contributed by atoms with E-state index in [-0.39, 0.29) is 11.7 Å². The van der Waals surface area contributed by atoms with Crippen LogP contribution in [-0.2, 0) is 19.1 Å². The quantitative estimate of drug-likeness (QED) is 0.579. The minimum absolute atomic E-state index is 0.201. The van der Waals surface area contributed by atoms with E-state index in [1.165, 1.54) is 12.1 Å². The van der Waals surface area contributed by atoms with E-state index in [2.05, 4.69) is 0 Å². The zero-order valence-corrected chi connectivity index (χ0v) is 14.2. The summed E-state index contributed by atoms with van der Waals surface area (Å²) in [5, 5.41) is 0. The third kappa shape index (κ3) is 3.92. The van der Waals surface area contributed by atoms with Crippen LogP contribution >= 0.6 is 0 Å². The van der Waals surface area contributed by atoms with Crippen LogP contribution in [0.4, 0.5) is 4.39 Å². The van der Waals surface area contributed by atoms with Gasteiger partial charge in [-0.2, -0.15) is 0 Å². The number of rotatable bonds is 6. The van der Waals surface area contributed by atoms with Gasteiger partial charge in [0.05, 0.1) is 6.61 Å². The molecule has 2 aliphatic heterocycles. The van der Waals surface area contributed by atoms with Crippen molar-refractivity contribution in [3.8, 4) is 5.75 Å². The Morgan fingerprint density at radius 2 is 1.92 bits per heavy atom. The van der Waals surface area contributed by atoms with Gasteiger partial charge in [-0.1, -0.05) is 6.92 Å². The highest BCUT2D eigenvalue weighted by Crippen LogP contribution is 2.39. The Labute approximate surface area is 145 Å². The molecule has 0 N–H and O–H groups in total. The lowest BCUT2D eigenvalue weighted by atomic mass is 9.91. The van der Waals surface area contributed by atoms with Crippen LogP contribution in [0.1, 0.15) is 32.6 Å². The third-order valence-electron chi connectivity index (χ3n) is 4.61. The lowest BCUT2D eigenvalue weighted by molar-refractivity contribution is -0.271. The molecule has 1 unspecified atom stereocenters. The van der Waals surface area contributed by atoms with Gasteiger partial charge in [-0.15, -0.1) is 0 Å². The van der Waals surface area contributed by atoms with E-state index in [4.69, 9.17) is 14.2 Å². The van der Waals surface area contributed by atoms with Crippen molar-refractivity contribution in [3.63, 3.8) is 0 Å². The van der Waals surface area contributed by atoms with Crippen molar-refractivity contribution in [2.75, 3.05) is 19.7 Å². The lowest BCUT2D eigenvalue weighted by Crippen LogP contribution is -2.55. The fourth-order valence-electron chi connectivity index (χ4n) is 3.38. The number of ether oxygens (including phenoxy) is 3. The molecular formula is C18H22FNO5. The van der Waals surface area contributed by atoms with E-state index in [0.29, 0.717) is 31.9 Å². The second-order valence-corrected chi connectivity index (χ2v) is 6.43. The van der Waals surface area contributed by atoms with Crippen molar-refractivity contribution < 1.29 is 28.2 Å². The van der Waals surface area contributed by atoms with Crippen LogP contribution < -0.4 is 4.74 Å². The van der Waals surface area contributed by atoms with E-state index < -0.39 is 17.8 Å². The van der Waals surface area contributed by atoms with Gasteiger partial charge in [-0.3, -0.25) is 0 Å². The smallest absolute Gasteiger partial charge is 0.421 e. The number of carbonyl (C=O) groups excluding carboxylic acids is 2. The molecule has 1 aromatic carbocycles. The highest BCUT2D eigenvalue weighted by molar-refractivity contribution is 6.31. The first-order valence-electron chi connectivity index (χ1n) is 8.62. The molecule has 3 rings (SSSR count). The number of likely N-dealkylation sites (tertiary alicyclic amines) is 1. The molecule has 0 saturated carbocycles. The summed E-state index contributed by atoms with van der Waals surface area (Å²) >= 11 is 0. The van der Waals surface area contributed by atoms with Crippen LogP contribution in [0.3, 0.4) is 0 Å². The Balaban J connectivity index is 1.57. The Bertz CT molecular complexity index is 617. The highest BCUT2D eigenvalue weighted by atomic mass is 19.1. The summed E-state index contributed by atoms with van der Waals surface area (Å²) in [6.07, 6.45) is 2.95. The van der Waals surface area contributed by atoms with Gasteiger partial charge in [0.25, 0.3) is 0 Å². The van der Waals surface area contributed by atoms with Crippen molar-refractivity contribution in [1.29, 1.82) is 0 Å². The molecule has 6 nitrogen and oxygen atoms in total. The third-order valence-corrected chi connectivity index (χ3v) is 4.61. The zero-order valence-electron chi connectivity index (χ0n) is 14.2. The van der Waals surface area contributed by atoms with Gasteiger partial charge >= 0.3 is 17.8 Å². The van der Waals surface area contributed by atoms with Crippen LogP contribution in [0.2, 0.25) is 0 Å². The molecule has 1 aromatic rings. The first-order valence-corrected chi connectivity index (χ1v) is 8.62. The SMILES string of the molecule is CCCN1CCC(CCOc2ccc(F)cc2)CC12OC(=O)C(=O)O2. The summed E-state index contributed by atoms with van der Waals surface area (Å²) in [4.78, 5) is 25.0. The molecule has 2 heterocycles. The van der Waals surface area contributed by atoms with Gasteiger partial charge in [0.15, 0.2) is 0 Å². The lowest BCUT2D eigenvalue weighted by Gasteiger charge is -2.43. The molecule has 2 saturated heterocycles. The molecule has 7 heteroatoms. The summed E-state index contributed by atoms with van der Waals surface area (Å²) in [6.45, 7) is 3.87. The van der Waals surface area contributed by atoms with Gasteiger partial charge in [0.2, 0.25) is 0 Å². The van der Waals surface area contributed by atoms with Crippen molar-refractivity contribution in [2.24, 2.45) is 5.92 Å². The molecule has 25 heavy (non-hydrogen) atoms. The van der Waals surface area contributed by atoms with Gasteiger partial charge in [-0.05, 0) is 49.4 Å². The number of hydrogen-bond acceptors (Lipinski definition) is 6.